The molecule has 0 bridgehead atoms. The molecule has 0 aliphatic carbocycles. The van der Waals surface area contributed by atoms with Crippen molar-refractivity contribution in [2.75, 3.05) is 26.4 Å². The van der Waals surface area contributed by atoms with Gasteiger partial charge in [0.15, 0.2) is 11.5 Å². The Morgan fingerprint density at radius 1 is 1.03 bits per heavy atom. The summed E-state index contributed by atoms with van der Waals surface area (Å²) in [6.45, 7) is 5.55. The van der Waals surface area contributed by atoms with Gasteiger partial charge in [0.05, 0.1) is 16.5 Å². The molecule has 2 aromatic carbocycles. The summed E-state index contributed by atoms with van der Waals surface area (Å²) in [4.78, 5) is 14.6. The van der Waals surface area contributed by atoms with Crippen LogP contribution >= 0.6 is 35.6 Å². The molecule has 0 unspecified atom stereocenters. The van der Waals surface area contributed by atoms with Crippen molar-refractivity contribution >= 4 is 51.9 Å². The molecule has 0 aromatic heterocycles. The van der Waals surface area contributed by atoms with Crippen LogP contribution in [0.2, 0.25) is 5.02 Å². The number of carbonyl (C=O) groups is 1. The Morgan fingerprint density at radius 2 is 1.77 bits per heavy atom. The van der Waals surface area contributed by atoms with Gasteiger partial charge in [0.2, 0.25) is 0 Å². The summed E-state index contributed by atoms with van der Waals surface area (Å²) in [7, 11) is 0. The van der Waals surface area contributed by atoms with Crippen LogP contribution in [-0.2, 0) is 4.79 Å². The second kappa shape index (κ2) is 10.7. The number of benzene rings is 2. The summed E-state index contributed by atoms with van der Waals surface area (Å²) < 4.78 is 17.8. The molecule has 1 fully saturated rings. The van der Waals surface area contributed by atoms with Gasteiger partial charge in [-0.3, -0.25) is 9.69 Å². The van der Waals surface area contributed by atoms with E-state index in [1.807, 2.05) is 56.3 Å². The van der Waals surface area contributed by atoms with E-state index in [0.29, 0.717) is 57.9 Å². The molecule has 3 rings (SSSR count). The van der Waals surface area contributed by atoms with Crippen molar-refractivity contribution in [3.63, 3.8) is 0 Å². The number of thioether (sulfide) groups is 1. The number of ether oxygens (including phenoxy) is 3. The summed E-state index contributed by atoms with van der Waals surface area (Å²) >= 11 is 12.7. The SMILES string of the molecule is CCOc1cc(/C=C2\SC(=S)N(CC)C2=O)ccc1OCCOc1ccccc1Cl. The van der Waals surface area contributed by atoms with Gasteiger partial charge in [-0.25, -0.2) is 0 Å². The third-order valence-electron chi connectivity index (χ3n) is 4.19. The van der Waals surface area contributed by atoms with Gasteiger partial charge in [-0.05, 0) is 49.8 Å². The van der Waals surface area contributed by atoms with Crippen LogP contribution in [0.25, 0.3) is 6.08 Å². The molecule has 0 spiro atoms. The standard InChI is InChI=1S/C22H22ClNO4S2/c1-3-24-21(25)20(30-22(24)29)14-15-9-10-18(19(13-15)26-4-2)28-12-11-27-17-8-6-5-7-16(17)23/h5-10,13-14H,3-4,11-12H2,1-2H3/b20-14-. The smallest absolute Gasteiger partial charge is 0.266 e. The molecule has 2 aromatic rings. The molecule has 5 nitrogen and oxygen atoms in total. The van der Waals surface area contributed by atoms with E-state index in [9.17, 15) is 4.79 Å². The minimum atomic E-state index is -0.0671. The van der Waals surface area contributed by atoms with E-state index in [4.69, 9.17) is 38.0 Å². The number of halogens is 1. The maximum absolute atomic E-state index is 12.4. The molecule has 0 saturated carbocycles. The Labute approximate surface area is 190 Å². The molecule has 1 heterocycles. The number of carbonyl (C=O) groups excluding carboxylic acids is 1. The van der Waals surface area contributed by atoms with Crippen LogP contribution in [0.3, 0.4) is 0 Å². The van der Waals surface area contributed by atoms with Crippen molar-refractivity contribution < 1.29 is 19.0 Å². The van der Waals surface area contributed by atoms with Crippen LogP contribution in [-0.4, -0.2) is 41.5 Å². The zero-order chi connectivity index (χ0) is 21.5. The predicted molar refractivity (Wildman–Crippen MR) is 126 cm³/mol. The topological polar surface area (TPSA) is 48.0 Å². The largest absolute Gasteiger partial charge is 0.490 e. The lowest BCUT2D eigenvalue weighted by atomic mass is 10.2. The Bertz CT molecular complexity index is 964. The Kier molecular flexibility index (Phi) is 8.01. The lowest BCUT2D eigenvalue weighted by molar-refractivity contribution is -0.121. The summed E-state index contributed by atoms with van der Waals surface area (Å²) in [6, 6.07) is 12.9. The van der Waals surface area contributed by atoms with Crippen molar-refractivity contribution in [2.45, 2.75) is 13.8 Å². The monoisotopic (exact) mass is 463 g/mol. The number of hydrogen-bond acceptors (Lipinski definition) is 6. The van der Waals surface area contributed by atoms with E-state index in [1.54, 1.807) is 11.0 Å². The van der Waals surface area contributed by atoms with Crippen molar-refractivity contribution in [1.29, 1.82) is 0 Å². The normalized spacial score (nSPS) is 15.0. The van der Waals surface area contributed by atoms with Crippen LogP contribution in [0.15, 0.2) is 47.4 Å². The molecule has 8 heteroatoms. The third-order valence-corrected chi connectivity index (χ3v) is 5.88. The van der Waals surface area contributed by atoms with Crippen molar-refractivity contribution in [2.24, 2.45) is 0 Å². The highest BCUT2D eigenvalue weighted by Crippen LogP contribution is 2.34. The third kappa shape index (κ3) is 5.47. The van der Waals surface area contributed by atoms with Crippen LogP contribution in [0, 0.1) is 0 Å². The maximum atomic E-state index is 12.4. The van der Waals surface area contributed by atoms with Crippen LogP contribution in [0.1, 0.15) is 19.4 Å². The Hall–Kier alpha value is -2.22. The first kappa shape index (κ1) is 22.5. The number of para-hydroxylation sites is 1. The van der Waals surface area contributed by atoms with Gasteiger partial charge < -0.3 is 14.2 Å². The fraction of sp³-hybridized carbons (Fsp3) is 0.273. The second-order valence-electron chi connectivity index (χ2n) is 6.19. The molecule has 1 saturated heterocycles. The van der Waals surface area contributed by atoms with E-state index in [-0.39, 0.29) is 5.91 Å². The maximum Gasteiger partial charge on any atom is 0.266 e. The average Bonchev–Trinajstić information content (AvgIpc) is 3.00. The minimum Gasteiger partial charge on any atom is -0.490 e. The predicted octanol–water partition coefficient (Wildman–Crippen LogP) is 5.42. The molecule has 1 amide bonds. The van der Waals surface area contributed by atoms with E-state index in [1.165, 1.54) is 11.8 Å². The van der Waals surface area contributed by atoms with Crippen molar-refractivity contribution in [1.82, 2.24) is 4.90 Å². The molecule has 158 valence electrons. The molecule has 1 aliphatic rings. The zero-order valence-electron chi connectivity index (χ0n) is 16.7. The molecule has 1 aliphatic heterocycles. The lowest BCUT2D eigenvalue weighted by Gasteiger charge is -2.13. The average molecular weight is 464 g/mol. The number of thiocarbonyl (C=S) groups is 1. The molecule has 0 atom stereocenters. The fourth-order valence-corrected chi connectivity index (χ4v) is 4.37. The first-order valence-electron chi connectivity index (χ1n) is 9.55. The van der Waals surface area contributed by atoms with E-state index in [2.05, 4.69) is 0 Å². The van der Waals surface area contributed by atoms with Crippen LogP contribution in [0.4, 0.5) is 0 Å². The second-order valence-corrected chi connectivity index (χ2v) is 8.28. The van der Waals surface area contributed by atoms with Gasteiger partial charge in [0, 0.05) is 6.54 Å². The van der Waals surface area contributed by atoms with Crippen molar-refractivity contribution in [3.05, 3.63) is 58.0 Å². The first-order valence-corrected chi connectivity index (χ1v) is 11.2. The quantitative estimate of drug-likeness (QED) is 0.281. The number of likely N-dealkylation sites (N-methyl/N-ethyl adjacent to an activating group) is 1. The Balaban J connectivity index is 1.66. The summed E-state index contributed by atoms with van der Waals surface area (Å²) in [5.41, 5.74) is 0.842. The highest BCUT2D eigenvalue weighted by Gasteiger charge is 2.30. The Morgan fingerprint density at radius 3 is 2.43 bits per heavy atom. The van der Waals surface area contributed by atoms with E-state index < -0.39 is 0 Å². The number of nitrogens with zero attached hydrogens (tertiary/aromatic N) is 1. The summed E-state index contributed by atoms with van der Waals surface area (Å²) in [5, 5.41) is 0.561. The zero-order valence-corrected chi connectivity index (χ0v) is 19.1. The van der Waals surface area contributed by atoms with Crippen LogP contribution in [0.5, 0.6) is 17.2 Å². The fourth-order valence-electron chi connectivity index (χ4n) is 2.79. The van der Waals surface area contributed by atoms with Gasteiger partial charge >= 0.3 is 0 Å². The number of rotatable bonds is 9. The van der Waals surface area contributed by atoms with E-state index >= 15 is 0 Å². The molecule has 0 N–H and O–H groups in total. The first-order chi connectivity index (χ1) is 14.5. The molecular weight excluding hydrogens is 442 g/mol. The van der Waals surface area contributed by atoms with Gasteiger partial charge in [-0.15, -0.1) is 0 Å². The van der Waals surface area contributed by atoms with Gasteiger partial charge in [0.25, 0.3) is 5.91 Å². The minimum absolute atomic E-state index is 0.0671. The number of hydrogen-bond donors (Lipinski definition) is 0. The highest BCUT2D eigenvalue weighted by atomic mass is 35.5. The molecule has 0 radical (unpaired) electrons. The molecular formula is C22H22ClNO4S2. The van der Waals surface area contributed by atoms with Gasteiger partial charge in [-0.2, -0.15) is 0 Å². The van der Waals surface area contributed by atoms with Crippen LogP contribution < -0.4 is 14.2 Å². The highest BCUT2D eigenvalue weighted by molar-refractivity contribution is 8.26. The number of amides is 1. The lowest BCUT2D eigenvalue weighted by Crippen LogP contribution is -2.27. The summed E-state index contributed by atoms with van der Waals surface area (Å²) in [6.07, 6.45) is 1.82. The summed E-state index contributed by atoms with van der Waals surface area (Å²) in [5.74, 6) is 1.77. The van der Waals surface area contributed by atoms with Gasteiger partial charge in [-0.1, -0.05) is 53.8 Å². The van der Waals surface area contributed by atoms with Crippen molar-refractivity contribution in [3.8, 4) is 17.2 Å². The van der Waals surface area contributed by atoms with E-state index in [0.717, 1.165) is 5.56 Å². The van der Waals surface area contributed by atoms with Gasteiger partial charge in [0.1, 0.15) is 23.3 Å². The molecule has 30 heavy (non-hydrogen) atoms.